The fraction of sp³-hybridized carbons (Fsp3) is 1.00. The lowest BCUT2D eigenvalue weighted by atomic mass is 9.89. The lowest BCUT2D eigenvalue weighted by Crippen LogP contribution is -2.32. The Bertz CT molecular complexity index is 154. The summed E-state index contributed by atoms with van der Waals surface area (Å²) in [6.45, 7) is 13.7. The molecule has 78 valence electrons. The fourth-order valence-electron chi connectivity index (χ4n) is 1.31. The van der Waals surface area contributed by atoms with Crippen LogP contribution in [0.25, 0.3) is 0 Å². The molecule has 0 unspecified atom stereocenters. The maximum Gasteiger partial charge on any atom is 0.162 e. The molecule has 0 aromatic carbocycles. The van der Waals surface area contributed by atoms with Crippen molar-refractivity contribution in [2.75, 3.05) is 6.61 Å². The molecular weight excluding hydrogens is 164 g/mol. The lowest BCUT2D eigenvalue weighted by molar-refractivity contribution is -0.135. The molecule has 1 rings (SSSR count). The van der Waals surface area contributed by atoms with Crippen LogP contribution in [0.15, 0.2) is 0 Å². The van der Waals surface area contributed by atoms with Gasteiger partial charge in [0.25, 0.3) is 0 Å². The van der Waals surface area contributed by atoms with Crippen molar-refractivity contribution in [2.45, 2.75) is 53.9 Å². The first kappa shape index (κ1) is 11.0. The van der Waals surface area contributed by atoms with E-state index in [2.05, 4.69) is 41.5 Å². The van der Waals surface area contributed by atoms with Gasteiger partial charge in [-0.15, -0.1) is 0 Å². The molecule has 0 aromatic rings. The second-order valence-electron chi connectivity index (χ2n) is 6.02. The van der Waals surface area contributed by atoms with Crippen LogP contribution in [0.5, 0.6) is 0 Å². The first-order valence-corrected chi connectivity index (χ1v) is 4.98. The number of rotatable bonds is 0. The third-order valence-electron chi connectivity index (χ3n) is 2.36. The summed E-state index contributed by atoms with van der Waals surface area (Å²) in [5.74, 6) is 0. The standard InChI is InChI=1S/C11H22O2/c1-10(2,3)8-7-12-9(13-8)11(4,5)6/h8-9H,7H2,1-6H3/t8-,9+/m1/s1. The van der Waals surface area contributed by atoms with E-state index in [0.29, 0.717) is 0 Å². The molecule has 0 bridgehead atoms. The van der Waals surface area contributed by atoms with E-state index in [0.717, 1.165) is 6.61 Å². The molecular formula is C11H22O2. The first-order chi connectivity index (χ1) is 5.71. The average Bonchev–Trinajstić information content (AvgIpc) is 2.28. The van der Waals surface area contributed by atoms with Gasteiger partial charge in [0, 0.05) is 5.41 Å². The summed E-state index contributed by atoms with van der Waals surface area (Å²) < 4.78 is 11.5. The summed E-state index contributed by atoms with van der Waals surface area (Å²) in [6, 6.07) is 0. The van der Waals surface area contributed by atoms with Crippen LogP contribution in [0.4, 0.5) is 0 Å². The molecule has 2 atom stereocenters. The second kappa shape index (κ2) is 3.25. The van der Waals surface area contributed by atoms with Gasteiger partial charge < -0.3 is 9.47 Å². The normalized spacial score (nSPS) is 30.9. The highest BCUT2D eigenvalue weighted by Gasteiger charge is 2.39. The number of ether oxygens (including phenoxy) is 2. The molecule has 1 saturated heterocycles. The van der Waals surface area contributed by atoms with Crippen LogP contribution >= 0.6 is 0 Å². The van der Waals surface area contributed by atoms with Crippen molar-refractivity contribution in [3.05, 3.63) is 0 Å². The monoisotopic (exact) mass is 186 g/mol. The summed E-state index contributed by atoms with van der Waals surface area (Å²) in [5.41, 5.74) is 0.264. The maximum absolute atomic E-state index is 5.87. The third kappa shape index (κ3) is 2.68. The molecule has 1 fully saturated rings. The van der Waals surface area contributed by atoms with Gasteiger partial charge in [-0.2, -0.15) is 0 Å². The van der Waals surface area contributed by atoms with Gasteiger partial charge in [-0.05, 0) is 5.41 Å². The van der Waals surface area contributed by atoms with Gasteiger partial charge in [0.2, 0.25) is 0 Å². The molecule has 0 N–H and O–H groups in total. The zero-order chi connectivity index (χ0) is 10.3. The van der Waals surface area contributed by atoms with Crippen molar-refractivity contribution in [1.29, 1.82) is 0 Å². The third-order valence-corrected chi connectivity index (χ3v) is 2.36. The fourth-order valence-corrected chi connectivity index (χ4v) is 1.31. The molecule has 0 amide bonds. The first-order valence-electron chi connectivity index (χ1n) is 4.98. The van der Waals surface area contributed by atoms with Crippen LogP contribution in [0.2, 0.25) is 0 Å². The molecule has 0 aromatic heterocycles. The van der Waals surface area contributed by atoms with E-state index in [-0.39, 0.29) is 23.2 Å². The van der Waals surface area contributed by atoms with Gasteiger partial charge in [-0.3, -0.25) is 0 Å². The quantitative estimate of drug-likeness (QED) is 0.579. The smallest absolute Gasteiger partial charge is 0.162 e. The molecule has 1 aliphatic heterocycles. The van der Waals surface area contributed by atoms with E-state index in [9.17, 15) is 0 Å². The van der Waals surface area contributed by atoms with Crippen LogP contribution in [0.3, 0.4) is 0 Å². The summed E-state index contributed by atoms with van der Waals surface area (Å²) in [5, 5.41) is 0. The average molecular weight is 186 g/mol. The molecule has 1 aliphatic rings. The zero-order valence-electron chi connectivity index (χ0n) is 9.68. The topological polar surface area (TPSA) is 18.5 Å². The van der Waals surface area contributed by atoms with E-state index in [1.165, 1.54) is 0 Å². The van der Waals surface area contributed by atoms with E-state index in [1.54, 1.807) is 0 Å². The molecule has 0 aliphatic carbocycles. The van der Waals surface area contributed by atoms with Gasteiger partial charge in [0.15, 0.2) is 6.29 Å². The van der Waals surface area contributed by atoms with Crippen molar-refractivity contribution >= 4 is 0 Å². The minimum atomic E-state index is -0.0447. The summed E-state index contributed by atoms with van der Waals surface area (Å²) in [7, 11) is 0. The van der Waals surface area contributed by atoms with Gasteiger partial charge in [-0.1, -0.05) is 41.5 Å². The Kier molecular flexibility index (Phi) is 2.75. The van der Waals surface area contributed by atoms with Gasteiger partial charge in [-0.25, -0.2) is 0 Å². The Morgan fingerprint density at radius 1 is 0.923 bits per heavy atom. The van der Waals surface area contributed by atoms with E-state index >= 15 is 0 Å². The molecule has 2 heteroatoms. The molecule has 2 nitrogen and oxygen atoms in total. The zero-order valence-corrected chi connectivity index (χ0v) is 9.68. The highest BCUT2D eigenvalue weighted by atomic mass is 16.7. The van der Waals surface area contributed by atoms with Crippen LogP contribution in [-0.4, -0.2) is 19.0 Å². The Balaban J connectivity index is 2.55. The lowest BCUT2D eigenvalue weighted by Gasteiger charge is -2.29. The van der Waals surface area contributed by atoms with Crippen molar-refractivity contribution in [1.82, 2.24) is 0 Å². The molecule has 13 heavy (non-hydrogen) atoms. The van der Waals surface area contributed by atoms with Crippen molar-refractivity contribution < 1.29 is 9.47 Å². The second-order valence-corrected chi connectivity index (χ2v) is 6.02. The Labute approximate surface area is 81.6 Å². The predicted molar refractivity (Wildman–Crippen MR) is 53.5 cm³/mol. The van der Waals surface area contributed by atoms with Crippen LogP contribution in [0.1, 0.15) is 41.5 Å². The summed E-state index contributed by atoms with van der Waals surface area (Å²) in [6.07, 6.45) is 0.188. The van der Waals surface area contributed by atoms with Crippen LogP contribution < -0.4 is 0 Å². The maximum atomic E-state index is 5.87. The van der Waals surface area contributed by atoms with Crippen molar-refractivity contribution in [2.24, 2.45) is 10.8 Å². The Morgan fingerprint density at radius 3 is 1.69 bits per heavy atom. The highest BCUT2D eigenvalue weighted by Crippen LogP contribution is 2.35. The van der Waals surface area contributed by atoms with Crippen LogP contribution in [0, 0.1) is 10.8 Å². The van der Waals surface area contributed by atoms with Gasteiger partial charge in [0.1, 0.15) is 0 Å². The Morgan fingerprint density at radius 2 is 1.46 bits per heavy atom. The van der Waals surface area contributed by atoms with Crippen LogP contribution in [-0.2, 0) is 9.47 Å². The van der Waals surface area contributed by atoms with E-state index < -0.39 is 0 Å². The predicted octanol–water partition coefficient (Wildman–Crippen LogP) is 2.82. The van der Waals surface area contributed by atoms with Gasteiger partial charge in [0.05, 0.1) is 12.7 Å². The molecule has 0 spiro atoms. The highest BCUT2D eigenvalue weighted by molar-refractivity contribution is 4.81. The van der Waals surface area contributed by atoms with Gasteiger partial charge >= 0.3 is 0 Å². The SMILES string of the molecule is CC(C)(C)[C@H]1OC[C@H](C(C)(C)C)O1. The van der Waals surface area contributed by atoms with E-state index in [4.69, 9.17) is 9.47 Å². The Hall–Kier alpha value is -0.0800. The van der Waals surface area contributed by atoms with Crippen molar-refractivity contribution in [3.8, 4) is 0 Å². The number of hydrogen-bond acceptors (Lipinski definition) is 2. The van der Waals surface area contributed by atoms with E-state index in [1.807, 2.05) is 0 Å². The minimum Gasteiger partial charge on any atom is -0.349 e. The summed E-state index contributed by atoms with van der Waals surface area (Å²) >= 11 is 0. The molecule has 0 saturated carbocycles. The van der Waals surface area contributed by atoms with Crippen molar-refractivity contribution in [3.63, 3.8) is 0 Å². The largest absolute Gasteiger partial charge is 0.349 e. The molecule has 1 heterocycles. The minimum absolute atomic E-state index is 0.0447. The molecule has 0 radical (unpaired) electrons. The summed E-state index contributed by atoms with van der Waals surface area (Å²) in [4.78, 5) is 0. The number of hydrogen-bond donors (Lipinski definition) is 0.